The largest absolute Gasteiger partial charge is 0.0922 e. The molecule has 1 atom stereocenters. The van der Waals surface area contributed by atoms with Gasteiger partial charge in [0.2, 0.25) is 0 Å². The maximum absolute atomic E-state index is 4.88. The summed E-state index contributed by atoms with van der Waals surface area (Å²) >= 11 is 4.88. The van der Waals surface area contributed by atoms with Crippen LogP contribution >= 0.6 is 73.1 Å². The highest BCUT2D eigenvalue weighted by atomic mass is 33.9. The van der Waals surface area contributed by atoms with E-state index in [1.165, 1.54) is 0 Å². The summed E-state index contributed by atoms with van der Waals surface area (Å²) in [7, 11) is 11.1. The van der Waals surface area contributed by atoms with E-state index in [4.69, 9.17) is 12.2 Å². The molecule has 0 N–H and O–H groups in total. The third-order valence-electron chi connectivity index (χ3n) is 0.678. The first kappa shape index (κ1) is 10.3. The molecule has 1 aliphatic rings. The van der Waals surface area contributed by atoms with E-state index in [0.717, 1.165) is 5.75 Å². The van der Waals surface area contributed by atoms with Crippen LogP contribution in [0.4, 0.5) is 0 Å². The van der Waals surface area contributed by atoms with Crippen molar-refractivity contribution in [2.45, 2.75) is 5.25 Å². The van der Waals surface area contributed by atoms with Crippen molar-refractivity contribution >= 4 is 78.5 Å². The normalized spacial score (nSPS) is 28.6. The Morgan fingerprint density at radius 2 is 2.00 bits per heavy atom. The van der Waals surface area contributed by atoms with Crippen LogP contribution in [0.15, 0.2) is 0 Å². The van der Waals surface area contributed by atoms with Gasteiger partial charge in [-0.2, -0.15) is 0 Å². The van der Waals surface area contributed by atoms with Crippen LogP contribution in [0.5, 0.6) is 0 Å². The molecule has 58 valence electrons. The molecule has 0 aromatic rings. The Balaban J connectivity index is 2.22. The zero-order valence-electron chi connectivity index (χ0n) is 4.72. The minimum absolute atomic E-state index is 0.547. The fraction of sp³-hybridized carbons (Fsp3) is 0.667. The highest BCUT2D eigenvalue weighted by molar-refractivity contribution is 9.42. The molecular formula is C3H4S7. The van der Waals surface area contributed by atoms with Crippen LogP contribution in [0.25, 0.3) is 0 Å². The van der Waals surface area contributed by atoms with E-state index in [2.05, 4.69) is 0 Å². The highest BCUT2D eigenvalue weighted by Crippen LogP contribution is 2.56. The molecule has 0 aromatic carbocycles. The van der Waals surface area contributed by atoms with Gasteiger partial charge < -0.3 is 0 Å². The smallest absolute Gasteiger partial charge is 0.0541 e. The molecule has 1 aliphatic heterocycles. The summed E-state index contributed by atoms with van der Waals surface area (Å²) in [6, 6.07) is 0. The first-order chi connectivity index (χ1) is 4.93. The third kappa shape index (κ3) is 4.27. The topological polar surface area (TPSA) is 0 Å². The zero-order chi connectivity index (χ0) is 7.23. The molecule has 7 heteroatoms. The minimum atomic E-state index is 0.547. The molecule has 0 nitrogen and oxygen atoms in total. The van der Waals surface area contributed by atoms with Crippen LogP contribution in [0.3, 0.4) is 0 Å². The molecule has 0 spiro atoms. The second kappa shape index (κ2) is 6.68. The predicted molar refractivity (Wildman–Crippen MR) is 67.9 cm³/mol. The van der Waals surface area contributed by atoms with E-state index in [1.54, 1.807) is 0 Å². The van der Waals surface area contributed by atoms with Gasteiger partial charge in [0.25, 0.3) is 0 Å². The van der Waals surface area contributed by atoms with Crippen LogP contribution in [-0.4, -0.2) is 16.4 Å². The molecule has 1 rings (SSSR count). The maximum atomic E-state index is 4.88. The first-order valence-electron chi connectivity index (χ1n) is 2.33. The van der Waals surface area contributed by atoms with Crippen molar-refractivity contribution in [2.24, 2.45) is 0 Å². The lowest BCUT2D eigenvalue weighted by molar-refractivity contribution is 1.42. The molecule has 0 saturated carbocycles. The summed E-state index contributed by atoms with van der Waals surface area (Å²) in [5, 5.41) is 2.41. The molecule has 1 saturated heterocycles. The molecule has 10 heavy (non-hydrogen) atoms. The summed E-state index contributed by atoms with van der Waals surface area (Å²) in [5.74, 6) is 1.14. The SMILES string of the molecule is S=CC1CSSSSSS1. The number of hydrogen-bond acceptors (Lipinski definition) is 7. The molecule has 1 heterocycles. The zero-order valence-corrected chi connectivity index (χ0v) is 10.4. The van der Waals surface area contributed by atoms with Crippen LogP contribution < -0.4 is 0 Å². The molecule has 0 radical (unpaired) electrons. The minimum Gasteiger partial charge on any atom is -0.0922 e. The molecule has 1 unspecified atom stereocenters. The summed E-state index contributed by atoms with van der Waals surface area (Å²) in [6.45, 7) is 0. The van der Waals surface area contributed by atoms with Crippen LogP contribution in [0, 0.1) is 0 Å². The van der Waals surface area contributed by atoms with Crippen molar-refractivity contribution < 1.29 is 0 Å². The van der Waals surface area contributed by atoms with Gasteiger partial charge in [0.15, 0.2) is 0 Å². The summed E-state index contributed by atoms with van der Waals surface area (Å²) in [4.78, 5) is 0. The van der Waals surface area contributed by atoms with Crippen molar-refractivity contribution in [1.29, 1.82) is 0 Å². The van der Waals surface area contributed by atoms with Crippen molar-refractivity contribution in [3.05, 3.63) is 0 Å². The quantitative estimate of drug-likeness (QED) is 0.504. The lowest BCUT2D eigenvalue weighted by atomic mass is 10.6. The Kier molecular flexibility index (Phi) is 6.86. The highest BCUT2D eigenvalue weighted by Gasteiger charge is 2.10. The van der Waals surface area contributed by atoms with Gasteiger partial charge in [-0.1, -0.05) is 33.8 Å². The van der Waals surface area contributed by atoms with Gasteiger partial charge in [-0.05, 0) is 44.7 Å². The Bertz CT molecular complexity index is 95.0. The second-order valence-electron chi connectivity index (χ2n) is 1.33. The lowest BCUT2D eigenvalue weighted by Gasteiger charge is -2.10. The molecule has 0 bridgehead atoms. The van der Waals surface area contributed by atoms with E-state index < -0.39 is 0 Å². The van der Waals surface area contributed by atoms with E-state index in [1.807, 2.05) is 66.3 Å². The monoisotopic (exact) mass is 264 g/mol. The fourth-order valence-electron chi connectivity index (χ4n) is 0.293. The van der Waals surface area contributed by atoms with E-state index >= 15 is 0 Å². The van der Waals surface area contributed by atoms with Crippen molar-refractivity contribution in [3.63, 3.8) is 0 Å². The Labute approximate surface area is 88.6 Å². The predicted octanol–water partition coefficient (Wildman–Crippen LogP) is 4.34. The second-order valence-corrected chi connectivity index (χ2v) is 11.3. The molecule has 0 aliphatic carbocycles. The maximum Gasteiger partial charge on any atom is 0.0541 e. The van der Waals surface area contributed by atoms with Gasteiger partial charge in [0.1, 0.15) is 0 Å². The fourth-order valence-corrected chi connectivity index (χ4v) is 13.3. The van der Waals surface area contributed by atoms with Gasteiger partial charge >= 0.3 is 0 Å². The van der Waals surface area contributed by atoms with Crippen LogP contribution in [-0.2, 0) is 0 Å². The molecular weight excluding hydrogens is 261 g/mol. The van der Waals surface area contributed by atoms with Gasteiger partial charge in [-0.3, -0.25) is 0 Å². The number of hydrogen-bond donors (Lipinski definition) is 0. The third-order valence-corrected chi connectivity index (χ3v) is 12.5. The van der Waals surface area contributed by atoms with Crippen LogP contribution in [0.2, 0.25) is 0 Å². The number of thiocarbonyl (C=S) groups is 1. The average Bonchev–Trinajstić information content (AvgIpc) is 1.87. The van der Waals surface area contributed by atoms with Crippen molar-refractivity contribution in [2.75, 3.05) is 5.75 Å². The standard InChI is InChI=1S/C3H4S7/c4-1-3-2-5-7-9-10-8-6-3/h1,3H,2H2. The van der Waals surface area contributed by atoms with Gasteiger partial charge in [0, 0.05) is 5.75 Å². The Hall–Kier alpha value is 2.19. The van der Waals surface area contributed by atoms with E-state index in [0.29, 0.717) is 5.25 Å². The summed E-state index contributed by atoms with van der Waals surface area (Å²) < 4.78 is 0. The lowest BCUT2D eigenvalue weighted by Crippen LogP contribution is -2.03. The molecule has 0 aromatic heterocycles. The van der Waals surface area contributed by atoms with Gasteiger partial charge in [0.05, 0.1) is 5.25 Å². The molecule has 1 fully saturated rings. The first-order valence-corrected chi connectivity index (χ1v) is 10.5. The van der Waals surface area contributed by atoms with Crippen molar-refractivity contribution in [1.82, 2.24) is 0 Å². The van der Waals surface area contributed by atoms with Crippen molar-refractivity contribution in [3.8, 4) is 0 Å². The van der Waals surface area contributed by atoms with Gasteiger partial charge in [-0.15, -0.1) is 0 Å². The number of rotatable bonds is 1. The summed E-state index contributed by atoms with van der Waals surface area (Å²) in [6.07, 6.45) is 0. The van der Waals surface area contributed by atoms with Crippen LogP contribution in [0.1, 0.15) is 0 Å². The van der Waals surface area contributed by atoms with E-state index in [9.17, 15) is 0 Å². The average molecular weight is 265 g/mol. The Morgan fingerprint density at radius 3 is 2.80 bits per heavy atom. The summed E-state index contributed by atoms with van der Waals surface area (Å²) in [5.41, 5.74) is 0. The van der Waals surface area contributed by atoms with E-state index in [-0.39, 0.29) is 0 Å². The molecule has 0 amide bonds. The van der Waals surface area contributed by atoms with Gasteiger partial charge in [-0.25, -0.2) is 0 Å². The Morgan fingerprint density at radius 1 is 1.20 bits per heavy atom.